The quantitative estimate of drug-likeness (QED) is 0.880. The predicted molar refractivity (Wildman–Crippen MR) is 99.7 cm³/mol. The number of hydrogen-bond acceptors (Lipinski definition) is 3. The summed E-state index contributed by atoms with van der Waals surface area (Å²) < 4.78 is 0. The average molecular weight is 340 g/mol. The first kappa shape index (κ1) is 17.7. The first-order valence-electron chi connectivity index (χ1n) is 9.35. The maximum absolute atomic E-state index is 12.7. The summed E-state index contributed by atoms with van der Waals surface area (Å²) in [6, 6.07) is 10.7. The molecule has 1 aromatic carbocycles. The molecule has 3 rings (SSSR count). The number of nitrogens with one attached hydrogen (secondary N) is 1. The van der Waals surface area contributed by atoms with Crippen molar-refractivity contribution >= 4 is 5.91 Å². The van der Waals surface area contributed by atoms with Crippen molar-refractivity contribution in [3.63, 3.8) is 0 Å². The van der Waals surface area contributed by atoms with Gasteiger partial charge in [-0.15, -0.1) is 0 Å². The Kier molecular flexibility index (Phi) is 6.23. The molecule has 134 valence electrons. The van der Waals surface area contributed by atoms with E-state index in [1.54, 1.807) is 6.20 Å². The smallest absolute Gasteiger partial charge is 0.257 e. The average Bonchev–Trinajstić information content (AvgIpc) is 3.01. The Bertz CT molecular complexity index is 667. The lowest BCUT2D eigenvalue weighted by atomic mass is 10.1. The molecule has 1 aliphatic rings. The van der Waals surface area contributed by atoms with Gasteiger partial charge >= 0.3 is 0 Å². The number of rotatable bonds is 6. The number of aromatic amines is 1. The van der Waals surface area contributed by atoms with Gasteiger partial charge < -0.3 is 9.80 Å². The van der Waals surface area contributed by atoms with E-state index in [2.05, 4.69) is 45.4 Å². The van der Waals surface area contributed by atoms with Gasteiger partial charge in [0.1, 0.15) is 0 Å². The van der Waals surface area contributed by atoms with E-state index in [9.17, 15) is 4.79 Å². The van der Waals surface area contributed by atoms with Crippen LogP contribution in [0.4, 0.5) is 0 Å². The van der Waals surface area contributed by atoms with Gasteiger partial charge in [0.25, 0.3) is 5.91 Å². The van der Waals surface area contributed by atoms with Crippen LogP contribution in [0.5, 0.6) is 0 Å². The van der Waals surface area contributed by atoms with Gasteiger partial charge in [-0.1, -0.05) is 37.3 Å². The molecule has 0 atom stereocenters. The Morgan fingerprint density at radius 2 is 2.00 bits per heavy atom. The zero-order valence-electron chi connectivity index (χ0n) is 15.1. The second-order valence-electron chi connectivity index (χ2n) is 6.69. The summed E-state index contributed by atoms with van der Waals surface area (Å²) >= 11 is 0. The van der Waals surface area contributed by atoms with E-state index in [4.69, 9.17) is 0 Å². The van der Waals surface area contributed by atoms with Crippen LogP contribution in [0.15, 0.2) is 36.5 Å². The number of carbonyl (C=O) groups excluding carboxylic acids is 1. The van der Waals surface area contributed by atoms with Crippen LogP contribution in [0.25, 0.3) is 0 Å². The summed E-state index contributed by atoms with van der Waals surface area (Å²) in [6.45, 7) is 6.81. The molecule has 2 aromatic rings. The summed E-state index contributed by atoms with van der Waals surface area (Å²) in [7, 11) is 0. The molecule has 0 unspecified atom stereocenters. The number of nitrogens with zero attached hydrogens (tertiary/aromatic N) is 3. The van der Waals surface area contributed by atoms with E-state index in [0.29, 0.717) is 0 Å². The third kappa shape index (κ3) is 4.69. The number of aromatic nitrogens is 2. The third-order valence-corrected chi connectivity index (χ3v) is 4.96. The second-order valence-corrected chi connectivity index (χ2v) is 6.69. The van der Waals surface area contributed by atoms with Gasteiger partial charge in [-0.25, -0.2) is 0 Å². The molecule has 1 aromatic heterocycles. The van der Waals surface area contributed by atoms with Crippen molar-refractivity contribution in [3.05, 3.63) is 53.3 Å². The SMILES string of the molecule is CCc1[nH]ncc1C(=O)N1CCCN(CCCc2ccccc2)CC1. The first-order chi connectivity index (χ1) is 12.3. The van der Waals surface area contributed by atoms with Crippen LogP contribution >= 0.6 is 0 Å². The standard InChI is InChI=1S/C20H28N4O/c1-2-19-18(16-21-22-19)20(25)24-13-7-12-23(14-15-24)11-6-10-17-8-4-3-5-9-17/h3-5,8-9,16H,2,6-7,10-15H2,1H3,(H,21,22). The fraction of sp³-hybridized carbons (Fsp3) is 0.500. The third-order valence-electron chi connectivity index (χ3n) is 4.96. The van der Waals surface area contributed by atoms with Crippen molar-refractivity contribution in [2.45, 2.75) is 32.6 Å². The molecule has 5 heteroatoms. The van der Waals surface area contributed by atoms with Crippen molar-refractivity contribution in [2.75, 3.05) is 32.7 Å². The molecule has 0 bridgehead atoms. The van der Waals surface area contributed by atoms with E-state index in [1.807, 2.05) is 11.8 Å². The molecule has 1 saturated heterocycles. The van der Waals surface area contributed by atoms with E-state index in [-0.39, 0.29) is 5.91 Å². The molecule has 5 nitrogen and oxygen atoms in total. The fourth-order valence-corrected chi connectivity index (χ4v) is 3.49. The van der Waals surface area contributed by atoms with Gasteiger partial charge in [0, 0.05) is 25.3 Å². The molecular weight excluding hydrogens is 312 g/mol. The summed E-state index contributed by atoms with van der Waals surface area (Å²) in [5.74, 6) is 0.122. The Labute approximate surface area is 150 Å². The minimum absolute atomic E-state index is 0.122. The lowest BCUT2D eigenvalue weighted by Crippen LogP contribution is -2.35. The van der Waals surface area contributed by atoms with Crippen LogP contribution in [0.1, 0.15) is 41.4 Å². The highest BCUT2D eigenvalue weighted by atomic mass is 16.2. The first-order valence-corrected chi connectivity index (χ1v) is 9.35. The Balaban J connectivity index is 1.48. The van der Waals surface area contributed by atoms with Crippen molar-refractivity contribution in [1.82, 2.24) is 20.0 Å². The van der Waals surface area contributed by atoms with Gasteiger partial charge in [-0.05, 0) is 44.3 Å². The molecular formula is C20H28N4O. The van der Waals surface area contributed by atoms with E-state index in [1.165, 1.54) is 12.0 Å². The maximum Gasteiger partial charge on any atom is 0.257 e. The topological polar surface area (TPSA) is 52.2 Å². The fourth-order valence-electron chi connectivity index (χ4n) is 3.49. The minimum Gasteiger partial charge on any atom is -0.337 e. The summed E-state index contributed by atoms with van der Waals surface area (Å²) in [4.78, 5) is 17.2. The monoisotopic (exact) mass is 340 g/mol. The maximum atomic E-state index is 12.7. The molecule has 0 radical (unpaired) electrons. The summed E-state index contributed by atoms with van der Waals surface area (Å²) in [5.41, 5.74) is 3.08. The van der Waals surface area contributed by atoms with E-state index in [0.717, 1.165) is 63.2 Å². The molecule has 25 heavy (non-hydrogen) atoms. The lowest BCUT2D eigenvalue weighted by Gasteiger charge is -2.22. The molecule has 1 N–H and O–H groups in total. The van der Waals surface area contributed by atoms with Crippen molar-refractivity contribution in [3.8, 4) is 0 Å². The van der Waals surface area contributed by atoms with Crippen LogP contribution < -0.4 is 0 Å². The molecule has 2 heterocycles. The Morgan fingerprint density at radius 1 is 1.16 bits per heavy atom. The van der Waals surface area contributed by atoms with Crippen LogP contribution in [-0.2, 0) is 12.8 Å². The predicted octanol–water partition coefficient (Wildman–Crippen LogP) is 2.75. The van der Waals surface area contributed by atoms with Crippen molar-refractivity contribution in [1.29, 1.82) is 0 Å². The highest BCUT2D eigenvalue weighted by Crippen LogP contribution is 2.13. The Hall–Kier alpha value is -2.14. The van der Waals surface area contributed by atoms with Crippen LogP contribution in [0.3, 0.4) is 0 Å². The number of H-pyrrole nitrogens is 1. The normalized spacial score (nSPS) is 16.0. The molecule has 0 saturated carbocycles. The zero-order chi connectivity index (χ0) is 17.5. The van der Waals surface area contributed by atoms with Gasteiger partial charge in [-0.2, -0.15) is 5.10 Å². The molecule has 1 aliphatic heterocycles. The highest BCUT2D eigenvalue weighted by molar-refractivity contribution is 5.95. The summed E-state index contributed by atoms with van der Waals surface area (Å²) in [5, 5.41) is 6.97. The minimum atomic E-state index is 0.122. The number of aryl methyl sites for hydroxylation is 2. The number of hydrogen-bond donors (Lipinski definition) is 1. The second kappa shape index (κ2) is 8.81. The van der Waals surface area contributed by atoms with Gasteiger partial charge in [0.15, 0.2) is 0 Å². The van der Waals surface area contributed by atoms with Crippen molar-refractivity contribution < 1.29 is 4.79 Å². The van der Waals surface area contributed by atoms with Crippen LogP contribution in [-0.4, -0.2) is 58.6 Å². The highest BCUT2D eigenvalue weighted by Gasteiger charge is 2.22. The number of benzene rings is 1. The van der Waals surface area contributed by atoms with Crippen molar-refractivity contribution in [2.24, 2.45) is 0 Å². The molecule has 1 amide bonds. The molecule has 0 spiro atoms. The van der Waals surface area contributed by atoms with Gasteiger partial charge in [0.2, 0.25) is 0 Å². The lowest BCUT2D eigenvalue weighted by molar-refractivity contribution is 0.0760. The van der Waals surface area contributed by atoms with Gasteiger partial charge in [0.05, 0.1) is 11.8 Å². The summed E-state index contributed by atoms with van der Waals surface area (Å²) in [6.07, 6.45) is 5.80. The molecule has 1 fully saturated rings. The van der Waals surface area contributed by atoms with Crippen LogP contribution in [0, 0.1) is 0 Å². The Morgan fingerprint density at radius 3 is 2.80 bits per heavy atom. The number of carbonyl (C=O) groups is 1. The van der Waals surface area contributed by atoms with E-state index < -0.39 is 0 Å². The van der Waals surface area contributed by atoms with E-state index >= 15 is 0 Å². The molecule has 0 aliphatic carbocycles. The van der Waals surface area contributed by atoms with Gasteiger partial charge in [-0.3, -0.25) is 9.89 Å². The largest absolute Gasteiger partial charge is 0.337 e. The number of amides is 1. The zero-order valence-corrected chi connectivity index (χ0v) is 15.1. The van der Waals surface area contributed by atoms with Crippen LogP contribution in [0.2, 0.25) is 0 Å².